The Labute approximate surface area is 476 Å². The standard InChI is InChI=1S/C21H32N2O4.C20H28N2O3.C15H19NO3.C8H11N/c1-6-26-19(24)17-14-23(20(25)27-21(3,4)5)13-12-18(17)22-15(2)16-10-8-7-9-11-16;1-14(16-9-7-6-8-10-16)21-18-11-12-22(13-17(18)15(2)23)19(24)25-20(3,4)5;1-2-19-15(18)13-11-16(9-8-14(13)17)10-12-6-4-3-5-7-12;1-7(9)8-5-3-2-4-6-8/h7-11,15,17-18,22H,6,12-14H2,1-5H3;6-10,14,21H,11-13H2,1-5H3;3-7,13H,2,8-11H2,1H3;2-7H,9H2,1H3/t15-,17-,18-;14-;;7-/m11.1/s1. The number of ketones is 2. The third-order valence-electron chi connectivity index (χ3n) is 13.4. The number of likely N-dealkylation sites (tertiary alicyclic amines) is 2. The molecule has 4 N–H and O–H groups in total. The Morgan fingerprint density at radius 1 is 0.625 bits per heavy atom. The first-order valence-corrected chi connectivity index (χ1v) is 28.1. The molecule has 4 aromatic carbocycles. The Kier molecular flexibility index (Phi) is 26.6. The Bertz CT molecular complexity index is 2580. The van der Waals surface area contributed by atoms with E-state index in [0.29, 0.717) is 70.8 Å². The number of nitrogens with zero attached hydrogens (tertiary/aromatic N) is 3. The molecule has 2 amide bonds. The molecule has 0 saturated carbocycles. The second-order valence-electron chi connectivity index (χ2n) is 22.4. The molecule has 6 atom stereocenters. The molecule has 0 radical (unpaired) electrons. The quantitative estimate of drug-likeness (QED) is 0.0612. The predicted octanol–water partition coefficient (Wildman–Crippen LogP) is 10.7. The molecule has 16 heteroatoms. The van der Waals surface area contributed by atoms with Gasteiger partial charge in [-0.2, -0.15) is 0 Å². The highest BCUT2D eigenvalue weighted by Crippen LogP contribution is 2.26. The van der Waals surface area contributed by atoms with E-state index in [2.05, 4.69) is 65.8 Å². The second-order valence-corrected chi connectivity index (χ2v) is 22.4. The van der Waals surface area contributed by atoms with E-state index in [0.717, 1.165) is 23.4 Å². The van der Waals surface area contributed by atoms with Crippen LogP contribution in [0, 0.1) is 11.8 Å². The van der Waals surface area contributed by atoms with E-state index in [-0.39, 0.29) is 66.4 Å². The van der Waals surface area contributed by atoms with Crippen molar-refractivity contribution in [2.24, 2.45) is 17.6 Å². The third kappa shape index (κ3) is 22.7. The van der Waals surface area contributed by atoms with Gasteiger partial charge in [-0.1, -0.05) is 121 Å². The van der Waals surface area contributed by atoms with Crippen LogP contribution in [0.15, 0.2) is 133 Å². The van der Waals surface area contributed by atoms with Crippen LogP contribution >= 0.6 is 0 Å². The largest absolute Gasteiger partial charge is 0.466 e. The maximum atomic E-state index is 12.5. The summed E-state index contributed by atoms with van der Waals surface area (Å²) in [6, 6.07) is 40.6. The molecule has 2 saturated heterocycles. The molecule has 0 aromatic heterocycles. The molecule has 436 valence electrons. The Balaban J connectivity index is 0.000000242. The molecule has 0 aliphatic carbocycles. The number of nitrogens with one attached hydrogen (secondary N) is 2. The van der Waals surface area contributed by atoms with Gasteiger partial charge >= 0.3 is 24.1 Å². The maximum Gasteiger partial charge on any atom is 0.410 e. The lowest BCUT2D eigenvalue weighted by molar-refractivity contribution is -0.154. The lowest BCUT2D eigenvalue weighted by Gasteiger charge is -2.39. The average Bonchev–Trinajstić information content (AvgIpc) is 3.47. The monoisotopic (exact) mass is 1100 g/mol. The number of hydrogen-bond donors (Lipinski definition) is 3. The molecule has 80 heavy (non-hydrogen) atoms. The van der Waals surface area contributed by atoms with Crippen LogP contribution in [0.1, 0.15) is 143 Å². The van der Waals surface area contributed by atoms with Crippen LogP contribution in [-0.4, -0.2) is 120 Å². The van der Waals surface area contributed by atoms with E-state index in [4.69, 9.17) is 24.7 Å². The van der Waals surface area contributed by atoms with Gasteiger partial charge in [-0.3, -0.25) is 24.1 Å². The fourth-order valence-electron chi connectivity index (χ4n) is 9.19. The number of benzene rings is 4. The highest BCUT2D eigenvalue weighted by atomic mass is 16.6. The zero-order valence-electron chi connectivity index (χ0n) is 49.5. The van der Waals surface area contributed by atoms with Gasteiger partial charge < -0.3 is 45.1 Å². The van der Waals surface area contributed by atoms with Crippen molar-refractivity contribution in [2.45, 2.75) is 144 Å². The number of nitrogens with two attached hydrogens (primary N) is 1. The van der Waals surface area contributed by atoms with Crippen LogP contribution in [0.2, 0.25) is 0 Å². The van der Waals surface area contributed by atoms with Gasteiger partial charge in [0.15, 0.2) is 5.78 Å². The number of carbonyl (C=O) groups excluding carboxylic acids is 6. The lowest BCUT2D eigenvalue weighted by atomic mass is 9.91. The van der Waals surface area contributed by atoms with Crippen molar-refractivity contribution < 1.29 is 47.7 Å². The van der Waals surface area contributed by atoms with Crippen molar-refractivity contribution in [2.75, 3.05) is 52.5 Å². The van der Waals surface area contributed by atoms with Crippen LogP contribution in [0.4, 0.5) is 9.59 Å². The minimum absolute atomic E-state index is 0.00256. The molecule has 1 unspecified atom stereocenters. The van der Waals surface area contributed by atoms with Crippen molar-refractivity contribution in [3.8, 4) is 0 Å². The number of carbonyl (C=O) groups is 6. The van der Waals surface area contributed by atoms with Gasteiger partial charge in [0.1, 0.15) is 22.9 Å². The number of Topliss-reactive ketones (excluding diaryl/α,β-unsaturated/α-hetero) is 2. The van der Waals surface area contributed by atoms with Crippen molar-refractivity contribution in [1.29, 1.82) is 0 Å². The van der Waals surface area contributed by atoms with Gasteiger partial charge in [-0.05, 0) is 112 Å². The normalized spacial score (nSPS) is 18.7. The summed E-state index contributed by atoms with van der Waals surface area (Å²) in [5, 5.41) is 7.01. The molecule has 0 spiro atoms. The van der Waals surface area contributed by atoms with Crippen molar-refractivity contribution in [3.63, 3.8) is 0 Å². The topological polar surface area (TPSA) is 199 Å². The molecule has 3 aliphatic rings. The van der Waals surface area contributed by atoms with E-state index in [9.17, 15) is 28.8 Å². The van der Waals surface area contributed by atoms with Gasteiger partial charge in [-0.25, -0.2) is 9.59 Å². The molecule has 16 nitrogen and oxygen atoms in total. The number of piperidine rings is 2. The van der Waals surface area contributed by atoms with Gasteiger partial charge in [0.25, 0.3) is 0 Å². The number of amides is 2. The zero-order valence-corrected chi connectivity index (χ0v) is 49.5. The predicted molar refractivity (Wildman–Crippen MR) is 313 cm³/mol. The molecular formula is C64H90N6O10. The second kappa shape index (κ2) is 32.4. The Morgan fingerprint density at radius 2 is 1.11 bits per heavy atom. The molecule has 4 aromatic rings. The first-order chi connectivity index (χ1) is 37.9. The highest BCUT2D eigenvalue weighted by Gasteiger charge is 2.39. The summed E-state index contributed by atoms with van der Waals surface area (Å²) in [7, 11) is 0. The highest BCUT2D eigenvalue weighted by molar-refractivity contribution is 6.00. The van der Waals surface area contributed by atoms with Crippen LogP contribution in [0.3, 0.4) is 0 Å². The Hall–Kier alpha value is -6.88. The summed E-state index contributed by atoms with van der Waals surface area (Å²) in [5.74, 6) is -1.71. The summed E-state index contributed by atoms with van der Waals surface area (Å²) < 4.78 is 21.1. The number of rotatable bonds is 14. The average molecular weight is 1100 g/mol. The first-order valence-electron chi connectivity index (χ1n) is 28.1. The molecular weight excluding hydrogens is 1010 g/mol. The van der Waals surface area contributed by atoms with Crippen LogP contribution in [0.25, 0.3) is 0 Å². The maximum absolute atomic E-state index is 12.5. The summed E-state index contributed by atoms with van der Waals surface area (Å²) in [5.41, 5.74) is 10.8. The number of ether oxygens (including phenoxy) is 4. The zero-order chi connectivity index (χ0) is 59.0. The van der Waals surface area contributed by atoms with E-state index in [1.807, 2.05) is 133 Å². The van der Waals surface area contributed by atoms with E-state index < -0.39 is 23.0 Å². The fourth-order valence-corrected chi connectivity index (χ4v) is 9.19. The smallest absolute Gasteiger partial charge is 0.410 e. The van der Waals surface area contributed by atoms with Gasteiger partial charge in [-0.15, -0.1) is 0 Å². The van der Waals surface area contributed by atoms with E-state index >= 15 is 0 Å². The van der Waals surface area contributed by atoms with Crippen LogP contribution in [0.5, 0.6) is 0 Å². The van der Waals surface area contributed by atoms with Crippen molar-refractivity contribution in [3.05, 3.63) is 155 Å². The minimum Gasteiger partial charge on any atom is -0.466 e. The van der Waals surface area contributed by atoms with Gasteiger partial charge in [0, 0.05) is 87.5 Å². The van der Waals surface area contributed by atoms with Crippen LogP contribution < -0.4 is 16.4 Å². The molecule has 3 heterocycles. The summed E-state index contributed by atoms with van der Waals surface area (Å²) >= 11 is 0. The number of hydrogen-bond acceptors (Lipinski definition) is 14. The molecule has 0 bridgehead atoms. The van der Waals surface area contributed by atoms with E-state index in [1.54, 1.807) is 30.6 Å². The van der Waals surface area contributed by atoms with Crippen molar-refractivity contribution in [1.82, 2.24) is 25.3 Å². The summed E-state index contributed by atoms with van der Waals surface area (Å²) in [6.45, 7) is 26.5. The Morgan fingerprint density at radius 3 is 1.60 bits per heavy atom. The molecule has 2 fully saturated rings. The SMILES string of the molecule is CC(=O)C1=C(N[C@H](C)c2ccccc2)CCN(C(=O)OC(C)(C)C)C1.CCOC(=O)C1CN(Cc2ccccc2)CCC1=O.CCOC(=O)[C@@H]1CN(C(=O)OC(C)(C)C)CC[C@H]1N[C@H](C)c1ccccc1.C[C@@H](N)c1ccccc1. The molecule has 7 rings (SSSR count). The summed E-state index contributed by atoms with van der Waals surface area (Å²) in [6.07, 6.45) is 0.953. The summed E-state index contributed by atoms with van der Waals surface area (Å²) in [4.78, 5) is 78.2. The van der Waals surface area contributed by atoms with E-state index in [1.165, 1.54) is 11.1 Å². The molecule has 3 aliphatic heterocycles. The first kappa shape index (κ1) is 65.6. The lowest BCUT2D eigenvalue weighted by Crippen LogP contribution is -2.55. The number of esters is 2. The van der Waals surface area contributed by atoms with Crippen LogP contribution in [-0.2, 0) is 44.7 Å². The van der Waals surface area contributed by atoms with Crippen molar-refractivity contribution >= 4 is 35.7 Å². The van der Waals surface area contributed by atoms with Gasteiger partial charge in [0.05, 0.1) is 25.7 Å². The minimum atomic E-state index is -0.614. The fraction of sp³-hybridized carbons (Fsp3) is 0.500. The third-order valence-corrected chi connectivity index (χ3v) is 13.4. The van der Waals surface area contributed by atoms with Gasteiger partial charge in [0.2, 0.25) is 0 Å².